The summed E-state index contributed by atoms with van der Waals surface area (Å²) in [5, 5.41) is 25.8. The SMILES string of the molecule is Cc1ccc(-c2ccc(-c3nnn[nH]3)cc2)c2c1Sc1ncccc1CN[C@@H](CCCN)C(=O)N[C@@H](CCCCN)C(=O)N(C)[C@@H](Cc1c[nH]c3ccccc13)C(=O)NC2. The minimum Gasteiger partial charge on any atom is -0.361 e. The molecule has 1 aliphatic rings. The van der Waals surface area contributed by atoms with Crippen molar-refractivity contribution in [3.05, 3.63) is 107 Å². The van der Waals surface area contributed by atoms with Gasteiger partial charge < -0.3 is 37.3 Å². The maximum atomic E-state index is 14.8. The van der Waals surface area contributed by atoms with Gasteiger partial charge in [0.1, 0.15) is 17.1 Å². The number of carbonyl (C=O) groups excluding carboxylic acids is 3. The number of unbranched alkanes of at least 4 members (excludes halogenated alkanes) is 1. The van der Waals surface area contributed by atoms with E-state index in [4.69, 9.17) is 16.5 Å². The second-order valence-corrected chi connectivity index (χ2v) is 16.1. The summed E-state index contributed by atoms with van der Waals surface area (Å²) < 4.78 is 0. The predicted molar refractivity (Wildman–Crippen MR) is 232 cm³/mol. The van der Waals surface area contributed by atoms with Gasteiger partial charge in [-0.2, -0.15) is 0 Å². The number of nitrogens with one attached hydrogen (secondary N) is 5. The molecule has 0 radical (unpaired) electrons. The molecule has 0 aliphatic carbocycles. The van der Waals surface area contributed by atoms with Crippen molar-refractivity contribution in [3.8, 4) is 22.5 Å². The fraction of sp³-hybridized carbons (Fsp3) is 0.341. The summed E-state index contributed by atoms with van der Waals surface area (Å²) in [4.78, 5) is 54.2. The number of aromatic nitrogens is 6. The molecule has 4 heterocycles. The molecule has 1 aliphatic heterocycles. The fourth-order valence-electron chi connectivity index (χ4n) is 7.68. The molecule has 0 spiro atoms. The fourth-order valence-corrected chi connectivity index (χ4v) is 8.79. The van der Waals surface area contributed by atoms with E-state index in [-0.39, 0.29) is 30.7 Å². The van der Waals surface area contributed by atoms with E-state index >= 15 is 0 Å². The Morgan fingerprint density at radius 3 is 2.42 bits per heavy atom. The van der Waals surface area contributed by atoms with Gasteiger partial charge in [-0.25, -0.2) is 10.1 Å². The number of para-hydroxylation sites is 1. The number of aromatic amines is 2. The monoisotopic (exact) mass is 828 g/mol. The van der Waals surface area contributed by atoms with Crippen LogP contribution in [0.25, 0.3) is 33.4 Å². The first-order valence-electron chi connectivity index (χ1n) is 20.4. The van der Waals surface area contributed by atoms with Crippen molar-refractivity contribution < 1.29 is 14.4 Å². The number of hydrogen-bond donors (Lipinski definition) is 7. The third-order valence-corrected chi connectivity index (χ3v) is 12.4. The molecule has 16 heteroatoms. The molecule has 0 fully saturated rings. The number of H-pyrrole nitrogens is 2. The lowest BCUT2D eigenvalue weighted by atomic mass is 9.96. The van der Waals surface area contributed by atoms with Gasteiger partial charge in [0.25, 0.3) is 0 Å². The lowest BCUT2D eigenvalue weighted by Gasteiger charge is -2.32. The Kier molecular flexibility index (Phi) is 14.0. The van der Waals surface area contributed by atoms with E-state index in [9.17, 15) is 14.4 Å². The number of rotatable bonds is 11. The van der Waals surface area contributed by atoms with Crippen LogP contribution >= 0.6 is 11.8 Å². The molecule has 3 atom stereocenters. The highest BCUT2D eigenvalue weighted by atomic mass is 32.2. The number of fused-ring (bicyclic) bond motifs is 3. The Balaban J connectivity index is 1.33. The smallest absolute Gasteiger partial charge is 0.245 e. The van der Waals surface area contributed by atoms with Crippen LogP contribution in [0.2, 0.25) is 0 Å². The highest BCUT2D eigenvalue weighted by Gasteiger charge is 2.34. The summed E-state index contributed by atoms with van der Waals surface area (Å²) in [5.74, 6) is -0.436. The van der Waals surface area contributed by atoms with E-state index < -0.39 is 18.1 Å². The molecular formula is C44H52N12O3S. The van der Waals surface area contributed by atoms with Crippen molar-refractivity contribution in [2.45, 2.75) is 86.6 Å². The molecule has 0 saturated carbocycles. The Morgan fingerprint density at radius 2 is 1.63 bits per heavy atom. The van der Waals surface area contributed by atoms with Crippen molar-refractivity contribution >= 4 is 40.4 Å². The Hall–Kier alpha value is -5.94. The van der Waals surface area contributed by atoms with Gasteiger partial charge in [0.2, 0.25) is 17.7 Å². The first-order valence-corrected chi connectivity index (χ1v) is 21.2. The molecular weight excluding hydrogens is 777 g/mol. The molecule has 60 heavy (non-hydrogen) atoms. The van der Waals surface area contributed by atoms with Gasteiger partial charge in [-0.1, -0.05) is 72.4 Å². The molecule has 7 rings (SSSR count). The normalized spacial score (nSPS) is 18.1. The topological polar surface area (TPSA) is 226 Å². The summed E-state index contributed by atoms with van der Waals surface area (Å²) >= 11 is 1.52. The highest BCUT2D eigenvalue weighted by Crippen LogP contribution is 2.39. The zero-order valence-corrected chi connectivity index (χ0v) is 34.7. The van der Waals surface area contributed by atoms with E-state index in [0.29, 0.717) is 57.6 Å². The van der Waals surface area contributed by atoms with Crippen LogP contribution in [0.15, 0.2) is 95.1 Å². The number of nitrogens with zero attached hydrogens (tertiary/aromatic N) is 5. The van der Waals surface area contributed by atoms with E-state index in [2.05, 4.69) is 53.7 Å². The van der Waals surface area contributed by atoms with Crippen molar-refractivity contribution in [1.82, 2.24) is 51.4 Å². The summed E-state index contributed by atoms with van der Waals surface area (Å²) in [6.45, 7) is 3.42. The molecule has 3 amide bonds. The van der Waals surface area contributed by atoms with Gasteiger partial charge in [0, 0.05) is 60.3 Å². The zero-order valence-electron chi connectivity index (χ0n) is 33.9. The number of aryl methyl sites for hydroxylation is 1. The summed E-state index contributed by atoms with van der Waals surface area (Å²) in [7, 11) is 1.65. The van der Waals surface area contributed by atoms with Crippen LogP contribution in [0, 0.1) is 6.92 Å². The minimum absolute atomic E-state index is 0.163. The maximum absolute atomic E-state index is 14.8. The van der Waals surface area contributed by atoms with Crippen molar-refractivity contribution in [2.24, 2.45) is 11.5 Å². The van der Waals surface area contributed by atoms with Gasteiger partial charge in [0.05, 0.1) is 6.04 Å². The van der Waals surface area contributed by atoms with Crippen LogP contribution in [0.1, 0.15) is 54.4 Å². The molecule has 6 aromatic rings. The Morgan fingerprint density at radius 1 is 0.850 bits per heavy atom. The van der Waals surface area contributed by atoms with Crippen LogP contribution < -0.4 is 27.4 Å². The number of tetrazole rings is 1. The number of carbonyl (C=O) groups is 3. The van der Waals surface area contributed by atoms with E-state index in [1.807, 2.05) is 73.8 Å². The van der Waals surface area contributed by atoms with Crippen molar-refractivity contribution in [3.63, 3.8) is 0 Å². The second-order valence-electron chi connectivity index (χ2n) is 15.1. The van der Waals surface area contributed by atoms with Crippen LogP contribution in [0.5, 0.6) is 0 Å². The molecule has 0 bridgehead atoms. The number of benzene rings is 3. The Bertz CT molecular complexity index is 2400. The minimum atomic E-state index is -0.922. The largest absolute Gasteiger partial charge is 0.361 e. The third-order valence-electron chi connectivity index (χ3n) is 11.1. The molecule has 0 saturated heterocycles. The quantitative estimate of drug-likeness (QED) is 0.0908. The molecule has 0 unspecified atom stereocenters. The summed E-state index contributed by atoms with van der Waals surface area (Å²) in [6, 6.07) is 21.4. The van der Waals surface area contributed by atoms with Crippen LogP contribution in [-0.4, -0.2) is 91.5 Å². The van der Waals surface area contributed by atoms with E-state index in [0.717, 1.165) is 59.8 Å². The number of nitrogens with two attached hydrogens (primary N) is 2. The van der Waals surface area contributed by atoms with Crippen molar-refractivity contribution in [2.75, 3.05) is 20.1 Å². The number of pyridine rings is 1. The van der Waals surface area contributed by atoms with Gasteiger partial charge in [-0.15, -0.1) is 5.10 Å². The number of likely N-dealkylation sites (N-methyl/N-ethyl adjacent to an activating group) is 1. The molecule has 3 aromatic heterocycles. The van der Waals surface area contributed by atoms with Crippen LogP contribution in [0.4, 0.5) is 0 Å². The third kappa shape index (κ3) is 9.74. The summed E-state index contributed by atoms with van der Waals surface area (Å²) in [6.07, 6.45) is 6.61. The van der Waals surface area contributed by atoms with Crippen LogP contribution in [-0.2, 0) is 33.9 Å². The standard InChI is InChI=1S/C44H52N12O3S/c1-27-14-19-32(28-15-17-29(18-16-28)40-52-54-55-53-40)34-26-50-42(58)38(23-31-25-48-35-11-4-3-10-33(31)35)56(2)44(59)37(12-5-6-20-45)51-41(57)36(13-7-21-46)49-24-30-9-8-22-47-43(30)60-39(27)34/h3-4,8-11,14-19,22,25,36-38,48-49H,5-7,12-13,20-21,23-24,26,45-46H2,1-2H3,(H,50,58)(H,51,57)(H,52,53,54,55)/t36-,37-,38-/m0/s1. The van der Waals surface area contributed by atoms with Crippen molar-refractivity contribution in [1.29, 1.82) is 0 Å². The van der Waals surface area contributed by atoms with Gasteiger partial charge in [0.15, 0.2) is 5.82 Å². The predicted octanol–water partition coefficient (Wildman–Crippen LogP) is 4.38. The lowest BCUT2D eigenvalue weighted by molar-refractivity contribution is -0.142. The molecule has 15 nitrogen and oxygen atoms in total. The van der Waals surface area contributed by atoms with Gasteiger partial charge >= 0.3 is 0 Å². The highest BCUT2D eigenvalue weighted by molar-refractivity contribution is 7.99. The summed E-state index contributed by atoms with van der Waals surface area (Å²) in [5.41, 5.74) is 19.1. The second kappa shape index (κ2) is 19.9. The first kappa shape index (κ1) is 42.2. The first-order chi connectivity index (χ1) is 29.2. The average molecular weight is 829 g/mol. The number of amides is 3. The maximum Gasteiger partial charge on any atom is 0.245 e. The lowest BCUT2D eigenvalue weighted by Crippen LogP contribution is -2.57. The van der Waals surface area contributed by atoms with Gasteiger partial charge in [-0.05, 0) is 108 Å². The number of hydrogen-bond acceptors (Lipinski definition) is 11. The van der Waals surface area contributed by atoms with E-state index in [1.54, 1.807) is 13.2 Å². The van der Waals surface area contributed by atoms with E-state index in [1.165, 1.54) is 16.7 Å². The Labute approximate surface area is 353 Å². The van der Waals surface area contributed by atoms with Crippen LogP contribution in [0.3, 0.4) is 0 Å². The average Bonchev–Trinajstić information content (AvgIpc) is 3.96. The molecule has 312 valence electrons. The van der Waals surface area contributed by atoms with Gasteiger partial charge in [-0.3, -0.25) is 14.4 Å². The molecule has 3 aromatic carbocycles. The zero-order chi connectivity index (χ0) is 42.0. The molecule has 9 N–H and O–H groups in total.